The maximum atomic E-state index is 12.4. The Hall–Kier alpha value is -1.44. The molecule has 2 fully saturated rings. The van der Waals surface area contributed by atoms with Gasteiger partial charge in [-0.1, -0.05) is 0 Å². The fourth-order valence-corrected chi connectivity index (χ4v) is 4.26. The van der Waals surface area contributed by atoms with Gasteiger partial charge in [0, 0.05) is 4.75 Å². The van der Waals surface area contributed by atoms with Crippen LogP contribution in [0.1, 0.15) is 41.0 Å². The van der Waals surface area contributed by atoms with Crippen LogP contribution >= 0.6 is 11.8 Å². The van der Waals surface area contributed by atoms with Crippen LogP contribution in [0, 0.1) is 0 Å². The summed E-state index contributed by atoms with van der Waals surface area (Å²) in [5.74, 6) is -0.546. The molecule has 0 aromatic heterocycles. The van der Waals surface area contributed by atoms with Crippen molar-refractivity contribution >= 4 is 29.7 Å². The molecule has 0 aliphatic carbocycles. The number of carbonyl (C=O) groups is 3. The molecule has 1 unspecified atom stereocenters. The molecule has 8 heteroatoms. The van der Waals surface area contributed by atoms with Gasteiger partial charge in [0.05, 0.1) is 17.9 Å². The predicted octanol–water partition coefficient (Wildman–Crippen LogP) is 1.46. The molecule has 3 atom stereocenters. The minimum absolute atomic E-state index is 0.0372. The van der Waals surface area contributed by atoms with Crippen LogP contribution in [0.2, 0.25) is 0 Å². The Morgan fingerprint density at radius 1 is 1.32 bits per heavy atom. The molecule has 0 radical (unpaired) electrons. The molecule has 124 valence electrons. The number of fused-ring (bicyclic) bond motifs is 1. The minimum atomic E-state index is -0.824. The van der Waals surface area contributed by atoms with E-state index in [4.69, 9.17) is 9.47 Å². The highest BCUT2D eigenvalue weighted by atomic mass is 32.2. The average Bonchev–Trinajstić information content (AvgIpc) is 2.54. The van der Waals surface area contributed by atoms with Crippen molar-refractivity contribution < 1.29 is 23.9 Å². The molecule has 22 heavy (non-hydrogen) atoms. The van der Waals surface area contributed by atoms with E-state index in [1.54, 1.807) is 37.4 Å². The Bertz CT molecular complexity index is 494. The smallest absolute Gasteiger partial charge is 0.410 e. The topological polar surface area (TPSA) is 84.9 Å². The van der Waals surface area contributed by atoms with E-state index in [0.717, 1.165) is 0 Å². The van der Waals surface area contributed by atoms with Crippen molar-refractivity contribution in [1.29, 1.82) is 0 Å². The van der Waals surface area contributed by atoms with E-state index in [0.29, 0.717) is 6.42 Å². The molecule has 0 spiro atoms. The van der Waals surface area contributed by atoms with Gasteiger partial charge >= 0.3 is 12.1 Å². The first-order valence-corrected chi connectivity index (χ1v) is 8.16. The number of hydrogen-bond acceptors (Lipinski definition) is 6. The van der Waals surface area contributed by atoms with Crippen molar-refractivity contribution in [3.05, 3.63) is 0 Å². The van der Waals surface area contributed by atoms with Gasteiger partial charge in [0.15, 0.2) is 6.23 Å². The quantitative estimate of drug-likeness (QED) is 0.477. The molecule has 2 aliphatic rings. The molecule has 2 amide bonds. The van der Waals surface area contributed by atoms with E-state index in [1.165, 1.54) is 0 Å². The maximum absolute atomic E-state index is 12.4. The van der Waals surface area contributed by atoms with E-state index in [-0.39, 0.29) is 17.4 Å². The number of ether oxygens (including phenoxy) is 2. The first kappa shape index (κ1) is 16.9. The number of hydrogen-bond donors (Lipinski definition) is 1. The zero-order valence-electron chi connectivity index (χ0n) is 13.4. The van der Waals surface area contributed by atoms with Gasteiger partial charge in [0.1, 0.15) is 6.04 Å². The molecule has 1 N–H and O–H groups in total. The molecule has 0 aromatic rings. The van der Waals surface area contributed by atoms with E-state index in [1.807, 2.05) is 13.8 Å². The molecule has 0 aromatic carbocycles. The lowest BCUT2D eigenvalue weighted by Crippen LogP contribution is -2.58. The second-order valence-electron chi connectivity index (χ2n) is 6.26. The number of rotatable bonds is 4. The van der Waals surface area contributed by atoms with Gasteiger partial charge in [-0.25, -0.2) is 9.59 Å². The van der Waals surface area contributed by atoms with Crippen LogP contribution in [-0.2, 0) is 19.1 Å². The summed E-state index contributed by atoms with van der Waals surface area (Å²) in [5.41, 5.74) is 0. The fourth-order valence-electron chi connectivity index (χ4n) is 2.64. The summed E-state index contributed by atoms with van der Waals surface area (Å²) in [5, 5.41) is 2.48. The standard InChI is InChI=1S/C14H22N2O5S/c1-7(2)20-13(19)15-8(3)21-12(18)11-14(4,5)22-10-6-9(17)16(10)11/h7-8,10-11H,6H2,1-5H3,(H,15,19)/t8?,10-,11+/m1/s1. The van der Waals surface area contributed by atoms with Crippen LogP contribution in [0.5, 0.6) is 0 Å². The largest absolute Gasteiger partial charge is 0.447 e. The third kappa shape index (κ3) is 3.31. The van der Waals surface area contributed by atoms with Gasteiger partial charge < -0.3 is 14.4 Å². The Balaban J connectivity index is 1.93. The molecular weight excluding hydrogens is 308 g/mol. The highest BCUT2D eigenvalue weighted by molar-refractivity contribution is 8.01. The van der Waals surface area contributed by atoms with Gasteiger partial charge in [-0.05, 0) is 34.6 Å². The van der Waals surface area contributed by atoms with Gasteiger partial charge in [-0.2, -0.15) is 0 Å². The molecule has 2 rings (SSSR count). The Morgan fingerprint density at radius 3 is 2.50 bits per heavy atom. The van der Waals surface area contributed by atoms with E-state index >= 15 is 0 Å². The second-order valence-corrected chi connectivity index (χ2v) is 8.09. The van der Waals surface area contributed by atoms with Crippen LogP contribution in [0.15, 0.2) is 0 Å². The zero-order valence-corrected chi connectivity index (χ0v) is 14.2. The molecule has 2 heterocycles. The first-order valence-electron chi connectivity index (χ1n) is 7.28. The second kappa shape index (κ2) is 5.98. The summed E-state index contributed by atoms with van der Waals surface area (Å²) >= 11 is 1.60. The van der Waals surface area contributed by atoms with E-state index in [2.05, 4.69) is 5.32 Å². The van der Waals surface area contributed by atoms with Crippen molar-refractivity contribution in [3.63, 3.8) is 0 Å². The van der Waals surface area contributed by atoms with Crippen LogP contribution in [0.3, 0.4) is 0 Å². The van der Waals surface area contributed by atoms with Gasteiger partial charge in [0.25, 0.3) is 0 Å². The number of nitrogens with one attached hydrogen (secondary N) is 1. The highest BCUT2D eigenvalue weighted by Crippen LogP contribution is 2.50. The molecule has 2 aliphatic heterocycles. The van der Waals surface area contributed by atoms with Crippen molar-refractivity contribution in [1.82, 2.24) is 10.2 Å². The number of nitrogens with zero attached hydrogens (tertiary/aromatic N) is 1. The summed E-state index contributed by atoms with van der Waals surface area (Å²) in [6, 6.07) is -0.630. The molecule has 7 nitrogen and oxygen atoms in total. The fraction of sp³-hybridized carbons (Fsp3) is 0.786. The van der Waals surface area contributed by atoms with Crippen molar-refractivity contribution in [2.45, 2.75) is 69.5 Å². The lowest BCUT2D eigenvalue weighted by molar-refractivity contribution is -0.165. The zero-order chi connectivity index (χ0) is 16.7. The predicted molar refractivity (Wildman–Crippen MR) is 81.0 cm³/mol. The third-order valence-corrected chi connectivity index (χ3v) is 5.00. The number of amides is 2. The summed E-state index contributed by atoms with van der Waals surface area (Å²) < 4.78 is 9.78. The third-order valence-electron chi connectivity index (χ3n) is 3.50. The van der Waals surface area contributed by atoms with Crippen molar-refractivity contribution in [2.24, 2.45) is 0 Å². The average molecular weight is 330 g/mol. The van der Waals surface area contributed by atoms with E-state index < -0.39 is 29.1 Å². The summed E-state index contributed by atoms with van der Waals surface area (Å²) in [6.07, 6.45) is -1.26. The van der Waals surface area contributed by atoms with Crippen molar-refractivity contribution in [3.8, 4) is 0 Å². The number of thioether (sulfide) groups is 1. The number of esters is 1. The maximum Gasteiger partial charge on any atom is 0.410 e. The number of carbonyl (C=O) groups excluding carboxylic acids is 3. The van der Waals surface area contributed by atoms with Crippen LogP contribution < -0.4 is 5.32 Å². The van der Waals surface area contributed by atoms with E-state index in [9.17, 15) is 14.4 Å². The number of β-lactam (4-membered cyclic amide) rings is 1. The summed E-state index contributed by atoms with van der Waals surface area (Å²) in [7, 11) is 0. The van der Waals surface area contributed by atoms with Crippen LogP contribution in [0.4, 0.5) is 4.79 Å². The minimum Gasteiger partial charge on any atom is -0.447 e. The normalized spacial score (nSPS) is 27.0. The highest BCUT2D eigenvalue weighted by Gasteiger charge is 2.59. The summed E-state index contributed by atoms with van der Waals surface area (Å²) in [4.78, 5) is 37.2. The monoisotopic (exact) mass is 330 g/mol. The van der Waals surface area contributed by atoms with Gasteiger partial charge in [-0.15, -0.1) is 11.8 Å². The van der Waals surface area contributed by atoms with Gasteiger partial charge in [0.2, 0.25) is 5.91 Å². The summed E-state index contributed by atoms with van der Waals surface area (Å²) in [6.45, 7) is 8.83. The Labute approximate surface area is 134 Å². The Kier molecular flexibility index (Phi) is 4.60. The molecular formula is C14H22N2O5S. The number of alkyl carbamates (subject to hydrolysis) is 1. The lowest BCUT2D eigenvalue weighted by atomic mass is 9.98. The SMILES string of the molecule is CC(C)OC(=O)NC(C)OC(=O)[C@@H]1N2C(=O)C[C@H]2SC1(C)C. The van der Waals surface area contributed by atoms with Crippen LogP contribution in [-0.4, -0.2) is 51.4 Å². The van der Waals surface area contributed by atoms with Crippen molar-refractivity contribution in [2.75, 3.05) is 0 Å². The molecule has 0 bridgehead atoms. The Morgan fingerprint density at radius 2 is 1.95 bits per heavy atom. The molecule has 0 saturated carbocycles. The first-order chi connectivity index (χ1) is 10.1. The lowest BCUT2D eigenvalue weighted by Gasteiger charge is -2.37. The van der Waals surface area contributed by atoms with Crippen LogP contribution in [0.25, 0.3) is 0 Å². The van der Waals surface area contributed by atoms with Gasteiger partial charge in [-0.3, -0.25) is 10.1 Å². The molecule has 2 saturated heterocycles.